The van der Waals surface area contributed by atoms with Crippen LogP contribution in [0, 0.1) is 3.57 Å². The molecular formula is C8H4F3IN2O. The summed E-state index contributed by atoms with van der Waals surface area (Å²) in [6, 6.07) is 3.69. The van der Waals surface area contributed by atoms with Crippen LogP contribution >= 0.6 is 22.6 Å². The lowest BCUT2D eigenvalue weighted by Crippen LogP contribution is -2.30. The average Bonchev–Trinajstić information content (AvgIpc) is 2.88. The Hall–Kier alpha value is -0.860. The molecule has 0 fully saturated rings. The molecule has 1 aromatic rings. The van der Waals surface area contributed by atoms with E-state index in [0.29, 0.717) is 3.57 Å². The van der Waals surface area contributed by atoms with E-state index in [2.05, 4.69) is 10.2 Å². The fourth-order valence-electron chi connectivity index (χ4n) is 1.17. The summed E-state index contributed by atoms with van der Waals surface area (Å²) in [5.41, 5.74) is -2.61. The number of aromatic hydroxyl groups is 1. The molecular weight excluding hydrogens is 324 g/mol. The van der Waals surface area contributed by atoms with E-state index in [0.717, 1.165) is 6.07 Å². The Bertz CT molecular complexity index is 438. The van der Waals surface area contributed by atoms with Crippen LogP contribution in [-0.2, 0) is 5.66 Å². The third-order valence-corrected chi connectivity index (χ3v) is 2.96. The first kappa shape index (κ1) is 10.7. The van der Waals surface area contributed by atoms with Gasteiger partial charge in [-0.05, 0) is 34.7 Å². The molecule has 0 spiro atoms. The molecule has 1 N–H and O–H groups in total. The van der Waals surface area contributed by atoms with E-state index < -0.39 is 11.8 Å². The average molecular weight is 328 g/mol. The predicted octanol–water partition coefficient (Wildman–Crippen LogP) is 3.18. The number of hydrogen-bond acceptors (Lipinski definition) is 3. The predicted molar refractivity (Wildman–Crippen MR) is 53.4 cm³/mol. The van der Waals surface area contributed by atoms with Gasteiger partial charge in [-0.2, -0.15) is 13.2 Å². The van der Waals surface area contributed by atoms with Crippen LogP contribution in [-0.4, -0.2) is 11.3 Å². The normalized spacial score (nSPS) is 17.9. The van der Waals surface area contributed by atoms with Gasteiger partial charge in [-0.25, -0.2) is 0 Å². The van der Waals surface area contributed by atoms with Crippen molar-refractivity contribution >= 4 is 22.6 Å². The number of phenols is 1. The summed E-state index contributed by atoms with van der Waals surface area (Å²) >= 11 is 1.82. The maximum atomic E-state index is 12.5. The van der Waals surface area contributed by atoms with E-state index in [9.17, 15) is 18.3 Å². The molecule has 1 aromatic carbocycles. The molecule has 0 aliphatic carbocycles. The van der Waals surface area contributed by atoms with Crippen molar-refractivity contribution in [3.8, 4) is 5.75 Å². The van der Waals surface area contributed by atoms with Crippen molar-refractivity contribution in [2.45, 2.75) is 11.8 Å². The van der Waals surface area contributed by atoms with E-state index in [4.69, 9.17) is 0 Å². The Kier molecular flexibility index (Phi) is 2.18. The lowest BCUT2D eigenvalue weighted by molar-refractivity contribution is -0.166. The third kappa shape index (κ3) is 1.58. The molecule has 0 atom stereocenters. The highest BCUT2D eigenvalue weighted by Gasteiger charge is 2.65. The second-order valence-electron chi connectivity index (χ2n) is 3.04. The molecule has 15 heavy (non-hydrogen) atoms. The number of alkyl halides is 3. The van der Waals surface area contributed by atoms with Gasteiger partial charge in [0.1, 0.15) is 5.75 Å². The van der Waals surface area contributed by atoms with Gasteiger partial charge in [0.15, 0.2) is 0 Å². The molecule has 1 aliphatic rings. The van der Waals surface area contributed by atoms with Crippen molar-refractivity contribution < 1.29 is 18.3 Å². The van der Waals surface area contributed by atoms with Gasteiger partial charge in [-0.15, -0.1) is 10.2 Å². The van der Waals surface area contributed by atoms with Gasteiger partial charge >= 0.3 is 11.8 Å². The van der Waals surface area contributed by atoms with Crippen LogP contribution in [0.15, 0.2) is 28.4 Å². The summed E-state index contributed by atoms with van der Waals surface area (Å²) in [5.74, 6) is -0.200. The second-order valence-corrected chi connectivity index (χ2v) is 4.20. The Morgan fingerprint density at radius 2 is 1.87 bits per heavy atom. The summed E-state index contributed by atoms with van der Waals surface area (Å²) in [6.07, 6.45) is -4.55. The lowest BCUT2D eigenvalue weighted by Gasteiger charge is -2.14. The number of hydrogen-bond donors (Lipinski definition) is 1. The first-order chi connectivity index (χ1) is 6.87. The van der Waals surface area contributed by atoms with Gasteiger partial charge in [0, 0.05) is 5.56 Å². The van der Waals surface area contributed by atoms with Crippen LogP contribution in [0.5, 0.6) is 5.75 Å². The largest absolute Gasteiger partial charge is 0.507 e. The molecule has 1 heterocycles. The number of phenolic OH excluding ortho intramolecular Hbond substituents is 1. The molecule has 0 bridgehead atoms. The molecule has 2 rings (SSSR count). The van der Waals surface area contributed by atoms with E-state index in [1.54, 1.807) is 0 Å². The van der Waals surface area contributed by atoms with Crippen molar-refractivity contribution in [2.75, 3.05) is 0 Å². The van der Waals surface area contributed by atoms with Gasteiger partial charge in [-0.3, -0.25) is 0 Å². The molecule has 0 unspecified atom stereocenters. The van der Waals surface area contributed by atoms with E-state index >= 15 is 0 Å². The van der Waals surface area contributed by atoms with Crippen LogP contribution < -0.4 is 0 Å². The molecule has 3 nitrogen and oxygen atoms in total. The van der Waals surface area contributed by atoms with Crippen molar-refractivity contribution in [2.24, 2.45) is 10.2 Å². The maximum Gasteiger partial charge on any atom is 0.442 e. The van der Waals surface area contributed by atoms with Gasteiger partial charge in [-0.1, -0.05) is 6.07 Å². The zero-order valence-electron chi connectivity index (χ0n) is 7.09. The van der Waals surface area contributed by atoms with Crippen LogP contribution in [0.2, 0.25) is 0 Å². The SMILES string of the molecule is Oc1cc(C2(C(F)(F)F)N=N2)ccc1I. The minimum absolute atomic E-state index is 0.159. The van der Waals surface area contributed by atoms with Gasteiger partial charge in [0.2, 0.25) is 0 Å². The van der Waals surface area contributed by atoms with Gasteiger partial charge < -0.3 is 5.11 Å². The number of rotatable bonds is 1. The zero-order chi connectivity index (χ0) is 11.3. The topological polar surface area (TPSA) is 45.0 Å². The first-order valence-electron chi connectivity index (χ1n) is 3.86. The van der Waals surface area contributed by atoms with Crippen LogP contribution in [0.4, 0.5) is 13.2 Å². The summed E-state index contributed by atoms with van der Waals surface area (Å²) < 4.78 is 38.1. The molecule has 1 aliphatic heterocycles. The van der Waals surface area contributed by atoms with Gasteiger partial charge in [0.25, 0.3) is 0 Å². The fraction of sp³-hybridized carbons (Fsp3) is 0.250. The van der Waals surface area contributed by atoms with Crippen LogP contribution in [0.25, 0.3) is 0 Å². The van der Waals surface area contributed by atoms with Gasteiger partial charge in [0.05, 0.1) is 3.57 Å². The standard InChI is InChI=1S/C8H4F3IN2O/c9-8(10,11)7(13-14-7)4-1-2-5(12)6(15)3-4/h1-3,15H. The van der Waals surface area contributed by atoms with Crippen LogP contribution in [0.1, 0.15) is 5.56 Å². The Labute approximate surface area is 96.2 Å². The van der Waals surface area contributed by atoms with E-state index in [1.165, 1.54) is 12.1 Å². The van der Waals surface area contributed by atoms with Crippen molar-refractivity contribution in [1.29, 1.82) is 0 Å². The number of nitrogens with zero attached hydrogens (tertiary/aromatic N) is 2. The minimum Gasteiger partial charge on any atom is -0.507 e. The third-order valence-electron chi connectivity index (χ3n) is 2.04. The molecule has 0 amide bonds. The molecule has 0 saturated carbocycles. The molecule has 0 saturated heterocycles. The maximum absolute atomic E-state index is 12.5. The van der Waals surface area contributed by atoms with Crippen molar-refractivity contribution in [1.82, 2.24) is 0 Å². The molecule has 0 aromatic heterocycles. The molecule has 0 radical (unpaired) electrons. The zero-order valence-corrected chi connectivity index (χ0v) is 9.24. The minimum atomic E-state index is -4.55. The fourth-order valence-corrected chi connectivity index (χ4v) is 1.51. The lowest BCUT2D eigenvalue weighted by atomic mass is 10.0. The number of benzene rings is 1. The highest BCUT2D eigenvalue weighted by Crippen LogP contribution is 2.52. The summed E-state index contributed by atoms with van der Waals surface area (Å²) in [7, 11) is 0. The Morgan fingerprint density at radius 3 is 2.27 bits per heavy atom. The van der Waals surface area contributed by atoms with Crippen molar-refractivity contribution in [3.05, 3.63) is 27.3 Å². The highest BCUT2D eigenvalue weighted by molar-refractivity contribution is 14.1. The molecule has 7 heteroatoms. The number of halogens is 4. The van der Waals surface area contributed by atoms with Crippen LogP contribution in [0.3, 0.4) is 0 Å². The summed E-state index contributed by atoms with van der Waals surface area (Å²) in [4.78, 5) is 0. The van der Waals surface area contributed by atoms with E-state index in [1.807, 2.05) is 22.6 Å². The molecule has 80 valence electrons. The highest BCUT2D eigenvalue weighted by atomic mass is 127. The monoisotopic (exact) mass is 328 g/mol. The smallest absolute Gasteiger partial charge is 0.442 e. The first-order valence-corrected chi connectivity index (χ1v) is 4.94. The summed E-state index contributed by atoms with van der Waals surface area (Å²) in [5, 5.41) is 15.4. The van der Waals surface area contributed by atoms with E-state index in [-0.39, 0.29) is 11.3 Å². The Morgan fingerprint density at radius 1 is 1.27 bits per heavy atom. The summed E-state index contributed by atoms with van der Waals surface area (Å²) in [6.45, 7) is 0. The van der Waals surface area contributed by atoms with Crippen molar-refractivity contribution in [3.63, 3.8) is 0 Å². The second kappa shape index (κ2) is 3.06. The Balaban J connectivity index is 2.43. The quantitative estimate of drug-likeness (QED) is 0.791.